The van der Waals surface area contributed by atoms with Crippen LogP contribution in [0.4, 0.5) is 0 Å². The highest BCUT2D eigenvalue weighted by atomic mass is 32.2. The van der Waals surface area contributed by atoms with Crippen molar-refractivity contribution in [3.63, 3.8) is 0 Å². The molecule has 0 aromatic heterocycles. The number of nitrogens with two attached hydrogens (primary N) is 1. The van der Waals surface area contributed by atoms with Crippen LogP contribution in [-0.4, -0.2) is 22.8 Å². The quantitative estimate of drug-likeness (QED) is 0.439. The largest absolute Gasteiger partial charge is 0.330 e. The third kappa shape index (κ3) is 3.16. The first kappa shape index (κ1) is 11.3. The second-order valence-electron chi connectivity index (χ2n) is 3.17. The molecule has 0 amide bonds. The Kier molecular flexibility index (Phi) is 4.16. The lowest BCUT2D eigenvalue weighted by Crippen LogP contribution is -2.13. The fraction of sp³-hybridized carbons (Fsp3) is 0.556. The Morgan fingerprint density at radius 1 is 1.64 bits per heavy atom. The van der Waals surface area contributed by atoms with E-state index in [4.69, 9.17) is 5.73 Å². The van der Waals surface area contributed by atoms with E-state index in [2.05, 4.69) is 0 Å². The molecule has 1 heterocycles. The average molecular weight is 214 g/mol. The van der Waals surface area contributed by atoms with E-state index in [1.165, 1.54) is 0 Å². The molecule has 2 N–H and O–H groups in total. The highest BCUT2D eigenvalue weighted by molar-refractivity contribution is 8.03. The second-order valence-corrected chi connectivity index (χ2v) is 4.66. The summed E-state index contributed by atoms with van der Waals surface area (Å²) >= 11 is 1.64. The van der Waals surface area contributed by atoms with Gasteiger partial charge in [0.2, 0.25) is 0 Å². The van der Waals surface area contributed by atoms with Crippen molar-refractivity contribution in [2.75, 3.05) is 6.54 Å². The minimum atomic E-state index is -0.676. The summed E-state index contributed by atoms with van der Waals surface area (Å²) in [5.74, 6) is 0. The monoisotopic (exact) mass is 214 g/mol. The summed E-state index contributed by atoms with van der Waals surface area (Å²) in [6.07, 6.45) is 6.07. The number of hydrogen-bond acceptors (Lipinski definition) is 4. The molecule has 0 saturated heterocycles. The van der Waals surface area contributed by atoms with Gasteiger partial charge in [-0.15, -0.1) is 11.8 Å². The predicted octanol–water partition coefficient (Wildman–Crippen LogP) is 1.56. The Morgan fingerprint density at radius 3 is 2.93 bits per heavy atom. The van der Waals surface area contributed by atoms with Gasteiger partial charge in [-0.05, 0) is 30.9 Å². The van der Waals surface area contributed by atoms with E-state index in [9.17, 15) is 10.1 Å². The molecular formula is C9H14N2O2S. The highest BCUT2D eigenvalue weighted by Crippen LogP contribution is 2.28. The molecule has 0 bridgehead atoms. The Morgan fingerprint density at radius 2 is 2.36 bits per heavy atom. The van der Waals surface area contributed by atoms with E-state index in [1.54, 1.807) is 23.9 Å². The van der Waals surface area contributed by atoms with Gasteiger partial charge in [0, 0.05) is 16.2 Å². The number of hydrogen-bond donors (Lipinski definition) is 1. The van der Waals surface area contributed by atoms with Crippen LogP contribution < -0.4 is 5.73 Å². The normalized spacial score (nSPS) is 26.9. The van der Waals surface area contributed by atoms with E-state index < -0.39 is 6.04 Å². The topological polar surface area (TPSA) is 69.2 Å². The van der Waals surface area contributed by atoms with Crippen LogP contribution in [0.15, 0.2) is 23.1 Å². The Balaban J connectivity index is 2.73. The van der Waals surface area contributed by atoms with E-state index in [1.807, 2.05) is 13.0 Å². The molecule has 2 unspecified atom stereocenters. The van der Waals surface area contributed by atoms with Gasteiger partial charge in [0.15, 0.2) is 0 Å². The van der Waals surface area contributed by atoms with E-state index in [0.717, 1.165) is 11.3 Å². The first-order valence-electron chi connectivity index (χ1n) is 4.50. The summed E-state index contributed by atoms with van der Waals surface area (Å²) in [5, 5.41) is 10.9. The number of nitro groups is 1. The van der Waals surface area contributed by atoms with Crippen molar-refractivity contribution in [3.05, 3.63) is 33.2 Å². The van der Waals surface area contributed by atoms with Crippen LogP contribution >= 0.6 is 11.8 Å². The van der Waals surface area contributed by atoms with Gasteiger partial charge < -0.3 is 5.73 Å². The van der Waals surface area contributed by atoms with Crippen LogP contribution in [-0.2, 0) is 0 Å². The van der Waals surface area contributed by atoms with Crippen molar-refractivity contribution in [2.24, 2.45) is 5.73 Å². The van der Waals surface area contributed by atoms with Crippen LogP contribution in [0.2, 0.25) is 0 Å². The number of nitrogens with zero attached hydrogens (tertiary/aromatic N) is 1. The lowest BCUT2D eigenvalue weighted by molar-refractivity contribution is -0.496. The van der Waals surface area contributed by atoms with Crippen molar-refractivity contribution in [3.8, 4) is 0 Å². The van der Waals surface area contributed by atoms with Gasteiger partial charge in [0.05, 0.1) is 0 Å². The molecule has 0 saturated carbocycles. The third-order valence-corrected chi connectivity index (χ3v) is 3.16. The summed E-state index contributed by atoms with van der Waals surface area (Å²) in [4.78, 5) is 11.3. The highest BCUT2D eigenvalue weighted by Gasteiger charge is 2.18. The van der Waals surface area contributed by atoms with Crippen LogP contribution in [0.5, 0.6) is 0 Å². The summed E-state index contributed by atoms with van der Waals surface area (Å²) in [7, 11) is 0. The molecule has 0 aromatic rings. The van der Waals surface area contributed by atoms with Crippen LogP contribution in [0.1, 0.15) is 13.3 Å². The Bertz CT molecular complexity index is 276. The zero-order valence-electron chi connectivity index (χ0n) is 8.05. The summed E-state index contributed by atoms with van der Waals surface area (Å²) in [6.45, 7) is 2.51. The molecule has 0 aliphatic carbocycles. The second kappa shape index (κ2) is 5.17. The van der Waals surface area contributed by atoms with Gasteiger partial charge >= 0.3 is 0 Å². The van der Waals surface area contributed by atoms with Crippen molar-refractivity contribution >= 4 is 11.8 Å². The minimum Gasteiger partial charge on any atom is -0.330 e. The minimum absolute atomic E-state index is 0.279. The zero-order valence-corrected chi connectivity index (χ0v) is 8.87. The standard InChI is InChI=1S/C9H14N2O2S/c1-7-6-8(11(12)13)2-3-9(14-7)4-5-10/h2-3,6,8-9H,4-5,10H2,1H3. The number of allylic oxidation sites excluding steroid dienone is 1. The predicted molar refractivity (Wildman–Crippen MR) is 58.7 cm³/mol. The van der Waals surface area contributed by atoms with Gasteiger partial charge in [-0.2, -0.15) is 0 Å². The van der Waals surface area contributed by atoms with Crippen LogP contribution in [0, 0.1) is 10.1 Å². The lowest BCUT2D eigenvalue weighted by atomic mass is 10.2. The lowest BCUT2D eigenvalue weighted by Gasteiger charge is -2.08. The molecule has 0 radical (unpaired) electrons. The average Bonchev–Trinajstić information content (AvgIpc) is 2.28. The van der Waals surface area contributed by atoms with Crippen molar-refractivity contribution in [2.45, 2.75) is 24.6 Å². The molecule has 14 heavy (non-hydrogen) atoms. The van der Waals surface area contributed by atoms with E-state index >= 15 is 0 Å². The van der Waals surface area contributed by atoms with Gasteiger partial charge in [0.1, 0.15) is 0 Å². The Labute approximate surface area is 87.4 Å². The van der Waals surface area contributed by atoms with Crippen LogP contribution in [0.25, 0.3) is 0 Å². The number of thioether (sulfide) groups is 1. The SMILES string of the molecule is CC1=CC([N+](=O)[O-])C=CC(CCN)S1. The first-order chi connectivity index (χ1) is 6.63. The molecule has 1 rings (SSSR count). The first-order valence-corrected chi connectivity index (χ1v) is 5.38. The Hall–Kier alpha value is -0.810. The maximum Gasteiger partial charge on any atom is 0.250 e. The molecule has 0 spiro atoms. The summed E-state index contributed by atoms with van der Waals surface area (Å²) in [6, 6.07) is -0.676. The number of rotatable bonds is 3. The molecule has 2 atom stereocenters. The van der Waals surface area contributed by atoms with Gasteiger partial charge in [-0.3, -0.25) is 10.1 Å². The van der Waals surface area contributed by atoms with E-state index in [-0.39, 0.29) is 10.2 Å². The van der Waals surface area contributed by atoms with Gasteiger partial charge in [-0.25, -0.2) is 0 Å². The van der Waals surface area contributed by atoms with Crippen LogP contribution in [0.3, 0.4) is 0 Å². The molecular weight excluding hydrogens is 200 g/mol. The summed E-state index contributed by atoms with van der Waals surface area (Å²) < 4.78 is 0. The molecule has 0 aromatic carbocycles. The molecule has 1 aliphatic heterocycles. The third-order valence-electron chi connectivity index (χ3n) is 1.96. The van der Waals surface area contributed by atoms with Crippen molar-refractivity contribution in [1.82, 2.24) is 0 Å². The summed E-state index contributed by atoms with van der Waals surface area (Å²) in [5.41, 5.74) is 5.45. The zero-order chi connectivity index (χ0) is 10.6. The fourth-order valence-corrected chi connectivity index (χ4v) is 2.42. The smallest absolute Gasteiger partial charge is 0.250 e. The van der Waals surface area contributed by atoms with Crippen molar-refractivity contribution in [1.29, 1.82) is 0 Å². The van der Waals surface area contributed by atoms with Gasteiger partial charge in [0.25, 0.3) is 6.04 Å². The molecule has 4 nitrogen and oxygen atoms in total. The maximum atomic E-state index is 10.6. The van der Waals surface area contributed by atoms with Gasteiger partial charge in [-0.1, -0.05) is 6.08 Å². The molecule has 5 heteroatoms. The van der Waals surface area contributed by atoms with Crippen molar-refractivity contribution < 1.29 is 4.92 Å². The molecule has 78 valence electrons. The molecule has 1 aliphatic rings. The fourth-order valence-electron chi connectivity index (χ4n) is 1.30. The maximum absolute atomic E-state index is 10.6. The molecule has 0 fully saturated rings. The van der Waals surface area contributed by atoms with E-state index in [0.29, 0.717) is 6.54 Å².